The van der Waals surface area contributed by atoms with Crippen LogP contribution >= 0.6 is 12.4 Å². The Kier molecular flexibility index (Phi) is 7.84. The predicted octanol–water partition coefficient (Wildman–Crippen LogP) is 2.93. The van der Waals surface area contributed by atoms with Crippen molar-refractivity contribution in [1.29, 1.82) is 0 Å². The van der Waals surface area contributed by atoms with E-state index in [1.807, 2.05) is 24.3 Å². The molecule has 5 N–H and O–H groups in total. The number of nitrogens with one attached hydrogen (secondary N) is 1. The average molecular weight is 404 g/mol. The van der Waals surface area contributed by atoms with Crippen molar-refractivity contribution >= 4 is 24.4 Å². The van der Waals surface area contributed by atoms with E-state index in [0.29, 0.717) is 32.4 Å². The number of hydrogen-bond acceptors (Lipinski definition) is 4. The van der Waals surface area contributed by atoms with Crippen LogP contribution in [-0.2, 0) is 9.53 Å². The van der Waals surface area contributed by atoms with Crippen LogP contribution in [0.4, 0.5) is 4.79 Å². The number of hydrogen-bond donors (Lipinski definition) is 3. The van der Waals surface area contributed by atoms with Crippen LogP contribution in [0, 0.1) is 0 Å². The number of ether oxygens (including phenoxy) is 1. The molecule has 2 aromatic carbocycles. The Morgan fingerprint density at radius 3 is 2.14 bits per heavy atom. The molecule has 0 fully saturated rings. The third-order valence-corrected chi connectivity index (χ3v) is 4.92. The number of rotatable bonds is 8. The number of carbonyl (C=O) groups is 2. The highest BCUT2D eigenvalue weighted by atomic mass is 35.5. The molecule has 0 heterocycles. The van der Waals surface area contributed by atoms with Crippen molar-refractivity contribution in [3.8, 4) is 11.1 Å². The molecule has 0 spiro atoms. The maximum Gasteiger partial charge on any atom is 0.407 e. The number of alkyl carbamates (subject to hydrolysis) is 1. The largest absolute Gasteiger partial charge is 0.449 e. The van der Waals surface area contributed by atoms with Crippen LogP contribution in [0.5, 0.6) is 0 Å². The fraction of sp³-hybridized carbons (Fsp3) is 0.333. The lowest BCUT2D eigenvalue weighted by Gasteiger charge is -2.14. The summed E-state index contributed by atoms with van der Waals surface area (Å²) in [6.45, 7) is 0.772. The lowest BCUT2D eigenvalue weighted by molar-refractivity contribution is -0.119. The molecule has 1 aliphatic carbocycles. The Hall–Kier alpha value is -2.57. The maximum absolute atomic E-state index is 12.0. The molecule has 150 valence electrons. The van der Waals surface area contributed by atoms with Crippen LogP contribution in [0.25, 0.3) is 11.1 Å². The van der Waals surface area contributed by atoms with Gasteiger partial charge in [0.2, 0.25) is 5.91 Å². The second-order valence-electron chi connectivity index (χ2n) is 6.76. The molecular formula is C21H26ClN3O3. The molecule has 3 rings (SSSR count). The van der Waals surface area contributed by atoms with E-state index < -0.39 is 18.0 Å². The number of unbranched alkanes of at least 4 members (excludes halogenated alkanes) is 1. The van der Waals surface area contributed by atoms with E-state index in [1.54, 1.807) is 0 Å². The second kappa shape index (κ2) is 10.1. The number of halogens is 1. The Morgan fingerprint density at radius 1 is 1.00 bits per heavy atom. The quantitative estimate of drug-likeness (QED) is 0.589. The van der Waals surface area contributed by atoms with Crippen molar-refractivity contribution in [2.24, 2.45) is 11.5 Å². The van der Waals surface area contributed by atoms with Crippen molar-refractivity contribution in [3.63, 3.8) is 0 Å². The van der Waals surface area contributed by atoms with Gasteiger partial charge >= 0.3 is 6.09 Å². The van der Waals surface area contributed by atoms with Crippen LogP contribution in [0.1, 0.15) is 36.3 Å². The van der Waals surface area contributed by atoms with E-state index in [4.69, 9.17) is 16.2 Å². The smallest absolute Gasteiger partial charge is 0.407 e. The van der Waals surface area contributed by atoms with Crippen molar-refractivity contribution in [3.05, 3.63) is 59.7 Å². The van der Waals surface area contributed by atoms with Gasteiger partial charge in [-0.3, -0.25) is 4.79 Å². The van der Waals surface area contributed by atoms with E-state index >= 15 is 0 Å². The molecule has 7 heteroatoms. The van der Waals surface area contributed by atoms with E-state index in [1.165, 1.54) is 22.3 Å². The Labute approximate surface area is 171 Å². The fourth-order valence-electron chi connectivity index (χ4n) is 3.47. The van der Waals surface area contributed by atoms with Gasteiger partial charge in [0, 0.05) is 12.5 Å². The van der Waals surface area contributed by atoms with Gasteiger partial charge < -0.3 is 21.5 Å². The average Bonchev–Trinajstić information content (AvgIpc) is 3.00. The third-order valence-electron chi connectivity index (χ3n) is 4.92. The van der Waals surface area contributed by atoms with Gasteiger partial charge in [-0.1, -0.05) is 48.5 Å². The lowest BCUT2D eigenvalue weighted by atomic mass is 9.98. The maximum atomic E-state index is 12.0. The molecule has 2 aromatic rings. The van der Waals surface area contributed by atoms with Crippen molar-refractivity contribution in [2.45, 2.75) is 31.2 Å². The standard InChI is InChI=1S/C21H25N3O3.ClH/c22-19(20(23)25)11-5-6-12-24-21(26)27-13-18-16-9-3-1-7-14(16)15-8-2-4-10-17(15)18;/h1-4,7-10,18-19H,5-6,11-13,22H2,(H2,23,25)(H,24,26);1H/t19-;/m0./s1. The zero-order chi connectivity index (χ0) is 19.2. The first kappa shape index (κ1) is 21.7. The van der Waals surface area contributed by atoms with E-state index in [0.717, 1.165) is 0 Å². The summed E-state index contributed by atoms with van der Waals surface area (Å²) in [7, 11) is 0. The number of amides is 2. The molecule has 28 heavy (non-hydrogen) atoms. The first-order chi connectivity index (χ1) is 13.1. The number of benzene rings is 2. The van der Waals surface area contributed by atoms with Crippen molar-refractivity contribution in [2.75, 3.05) is 13.2 Å². The highest BCUT2D eigenvalue weighted by molar-refractivity contribution is 5.85. The number of fused-ring (bicyclic) bond motifs is 3. The minimum Gasteiger partial charge on any atom is -0.449 e. The third kappa shape index (κ3) is 5.03. The molecule has 0 aromatic heterocycles. The summed E-state index contributed by atoms with van der Waals surface area (Å²) < 4.78 is 5.46. The van der Waals surface area contributed by atoms with Gasteiger partial charge in [0.05, 0.1) is 6.04 Å². The number of carbonyl (C=O) groups excluding carboxylic acids is 2. The van der Waals surface area contributed by atoms with Crippen molar-refractivity contribution in [1.82, 2.24) is 5.32 Å². The molecule has 0 aliphatic heterocycles. The monoisotopic (exact) mass is 403 g/mol. The Bertz CT molecular complexity index is 783. The predicted molar refractivity (Wildman–Crippen MR) is 111 cm³/mol. The molecule has 0 saturated carbocycles. The van der Waals surface area contributed by atoms with Crippen LogP contribution < -0.4 is 16.8 Å². The minimum absolute atomic E-state index is 0. The molecule has 0 unspecified atom stereocenters. The summed E-state index contributed by atoms with van der Waals surface area (Å²) in [6.07, 6.45) is 1.51. The normalized spacial score (nSPS) is 13.0. The molecule has 1 aliphatic rings. The second-order valence-corrected chi connectivity index (χ2v) is 6.76. The molecular weight excluding hydrogens is 378 g/mol. The molecule has 0 radical (unpaired) electrons. The van der Waals surface area contributed by atoms with Crippen LogP contribution in [0.2, 0.25) is 0 Å². The first-order valence-corrected chi connectivity index (χ1v) is 9.21. The van der Waals surface area contributed by atoms with Gasteiger partial charge in [-0.2, -0.15) is 0 Å². The first-order valence-electron chi connectivity index (χ1n) is 9.21. The minimum atomic E-state index is -0.626. The summed E-state index contributed by atoms with van der Waals surface area (Å²) >= 11 is 0. The van der Waals surface area contributed by atoms with Crippen LogP contribution in [-0.4, -0.2) is 31.2 Å². The topological polar surface area (TPSA) is 107 Å². The van der Waals surface area contributed by atoms with Crippen LogP contribution in [0.15, 0.2) is 48.5 Å². The van der Waals surface area contributed by atoms with Gasteiger partial charge in [-0.15, -0.1) is 12.4 Å². The zero-order valence-corrected chi connectivity index (χ0v) is 16.4. The Balaban J connectivity index is 0.00000280. The summed E-state index contributed by atoms with van der Waals surface area (Å²) in [5.74, 6) is -0.448. The Morgan fingerprint density at radius 2 is 1.57 bits per heavy atom. The highest BCUT2D eigenvalue weighted by Crippen LogP contribution is 2.44. The summed E-state index contributed by atoms with van der Waals surface area (Å²) in [4.78, 5) is 22.9. The molecule has 1 atom stereocenters. The van der Waals surface area contributed by atoms with Gasteiger partial charge in [0.1, 0.15) is 6.61 Å². The molecule has 2 amide bonds. The SMILES string of the molecule is Cl.NC(=O)[C@@H](N)CCCCNC(=O)OCC1c2ccccc2-c2ccccc21. The van der Waals surface area contributed by atoms with Crippen molar-refractivity contribution < 1.29 is 14.3 Å². The van der Waals surface area contributed by atoms with E-state index in [9.17, 15) is 9.59 Å². The molecule has 6 nitrogen and oxygen atoms in total. The fourth-order valence-corrected chi connectivity index (χ4v) is 3.47. The van der Waals surface area contributed by atoms with Gasteiger partial charge in [-0.05, 0) is 41.5 Å². The number of primary amides is 1. The summed E-state index contributed by atoms with van der Waals surface area (Å²) in [6, 6.07) is 15.8. The van der Waals surface area contributed by atoms with Crippen LogP contribution in [0.3, 0.4) is 0 Å². The summed E-state index contributed by atoms with van der Waals surface area (Å²) in [5, 5.41) is 2.74. The van der Waals surface area contributed by atoms with Gasteiger partial charge in [0.25, 0.3) is 0 Å². The summed E-state index contributed by atoms with van der Waals surface area (Å²) in [5.41, 5.74) is 15.5. The zero-order valence-electron chi connectivity index (χ0n) is 15.6. The van der Waals surface area contributed by atoms with E-state index in [2.05, 4.69) is 29.6 Å². The van der Waals surface area contributed by atoms with Gasteiger partial charge in [0.15, 0.2) is 0 Å². The highest BCUT2D eigenvalue weighted by Gasteiger charge is 2.28. The lowest BCUT2D eigenvalue weighted by Crippen LogP contribution is -2.36. The number of nitrogens with two attached hydrogens (primary N) is 2. The van der Waals surface area contributed by atoms with E-state index in [-0.39, 0.29) is 18.3 Å². The molecule has 0 saturated heterocycles. The van der Waals surface area contributed by atoms with Gasteiger partial charge in [-0.25, -0.2) is 4.79 Å². The molecule has 0 bridgehead atoms.